The zero-order chi connectivity index (χ0) is 11.4. The van der Waals surface area contributed by atoms with Crippen molar-refractivity contribution in [3.63, 3.8) is 0 Å². The summed E-state index contributed by atoms with van der Waals surface area (Å²) < 4.78 is 5.61. The van der Waals surface area contributed by atoms with Gasteiger partial charge in [-0.05, 0) is 24.5 Å². The lowest BCUT2D eigenvalue weighted by molar-refractivity contribution is 0.222. The van der Waals surface area contributed by atoms with Crippen LogP contribution in [0, 0.1) is 17.2 Å². The molecular formula is C13H16N2O. The van der Waals surface area contributed by atoms with E-state index < -0.39 is 0 Å². The van der Waals surface area contributed by atoms with Gasteiger partial charge in [-0.25, -0.2) is 0 Å². The summed E-state index contributed by atoms with van der Waals surface area (Å²) in [5, 5.41) is 8.82. The van der Waals surface area contributed by atoms with Gasteiger partial charge in [-0.1, -0.05) is 25.3 Å². The van der Waals surface area contributed by atoms with E-state index in [4.69, 9.17) is 15.7 Å². The molecule has 1 aliphatic rings. The number of ether oxygens (including phenoxy) is 1. The van der Waals surface area contributed by atoms with Crippen LogP contribution in [0.15, 0.2) is 18.2 Å². The standard InChI is InChI=1S/C13H16N2O/c14-9-11-5-2-6-12(13(11)15)16-8-7-10-3-1-4-10/h2,5-6,10H,1,3-4,7-8,15H2. The first kappa shape index (κ1) is 10.8. The third kappa shape index (κ3) is 2.27. The van der Waals surface area contributed by atoms with Gasteiger partial charge >= 0.3 is 0 Å². The molecular weight excluding hydrogens is 200 g/mol. The maximum atomic E-state index is 8.82. The Labute approximate surface area is 95.8 Å². The van der Waals surface area contributed by atoms with Crippen molar-refractivity contribution >= 4 is 5.69 Å². The van der Waals surface area contributed by atoms with Crippen molar-refractivity contribution in [3.8, 4) is 11.8 Å². The molecule has 16 heavy (non-hydrogen) atoms. The van der Waals surface area contributed by atoms with Gasteiger partial charge in [-0.3, -0.25) is 0 Å². The third-order valence-corrected chi connectivity index (χ3v) is 3.19. The number of nitriles is 1. The Hall–Kier alpha value is -1.69. The van der Waals surface area contributed by atoms with Gasteiger partial charge in [0.2, 0.25) is 0 Å². The quantitative estimate of drug-likeness (QED) is 0.787. The highest BCUT2D eigenvalue weighted by atomic mass is 16.5. The molecule has 1 saturated carbocycles. The zero-order valence-electron chi connectivity index (χ0n) is 9.28. The number of nitrogen functional groups attached to an aromatic ring is 1. The summed E-state index contributed by atoms with van der Waals surface area (Å²) in [6, 6.07) is 7.37. The van der Waals surface area contributed by atoms with Crippen LogP contribution in [0.3, 0.4) is 0 Å². The van der Waals surface area contributed by atoms with Crippen molar-refractivity contribution in [2.24, 2.45) is 5.92 Å². The van der Waals surface area contributed by atoms with Crippen LogP contribution in [-0.4, -0.2) is 6.61 Å². The Kier molecular flexibility index (Phi) is 3.31. The summed E-state index contributed by atoms with van der Waals surface area (Å²) in [7, 11) is 0. The summed E-state index contributed by atoms with van der Waals surface area (Å²) in [6.07, 6.45) is 5.11. The van der Waals surface area contributed by atoms with Crippen LogP contribution in [0.2, 0.25) is 0 Å². The second-order valence-electron chi connectivity index (χ2n) is 4.26. The van der Waals surface area contributed by atoms with E-state index in [2.05, 4.69) is 6.07 Å². The lowest BCUT2D eigenvalue weighted by atomic mass is 9.83. The van der Waals surface area contributed by atoms with Crippen LogP contribution in [-0.2, 0) is 0 Å². The molecule has 0 heterocycles. The molecule has 0 aromatic heterocycles. The van der Waals surface area contributed by atoms with Crippen molar-refractivity contribution in [2.75, 3.05) is 12.3 Å². The fourth-order valence-corrected chi connectivity index (χ4v) is 1.88. The fourth-order valence-electron chi connectivity index (χ4n) is 1.88. The first-order valence-corrected chi connectivity index (χ1v) is 5.72. The summed E-state index contributed by atoms with van der Waals surface area (Å²) >= 11 is 0. The van der Waals surface area contributed by atoms with Crippen LogP contribution in [0.25, 0.3) is 0 Å². The Morgan fingerprint density at radius 1 is 1.44 bits per heavy atom. The molecule has 1 fully saturated rings. The maximum Gasteiger partial charge on any atom is 0.143 e. The normalized spacial score (nSPS) is 15.2. The predicted octanol–water partition coefficient (Wildman–Crippen LogP) is 2.71. The van der Waals surface area contributed by atoms with Crippen LogP contribution in [0.1, 0.15) is 31.2 Å². The molecule has 0 saturated heterocycles. The number of hydrogen-bond donors (Lipinski definition) is 1. The second-order valence-corrected chi connectivity index (χ2v) is 4.26. The molecule has 1 aliphatic carbocycles. The molecule has 3 heteroatoms. The Morgan fingerprint density at radius 3 is 2.88 bits per heavy atom. The Bertz CT molecular complexity index is 405. The highest BCUT2D eigenvalue weighted by molar-refractivity contribution is 5.62. The van der Waals surface area contributed by atoms with Gasteiger partial charge in [0.05, 0.1) is 17.9 Å². The summed E-state index contributed by atoms with van der Waals surface area (Å²) in [5.74, 6) is 1.47. The van der Waals surface area contributed by atoms with E-state index in [1.54, 1.807) is 12.1 Å². The largest absolute Gasteiger partial charge is 0.491 e. The minimum atomic E-state index is 0.457. The predicted molar refractivity (Wildman–Crippen MR) is 63.0 cm³/mol. The number of nitrogens with zero attached hydrogens (tertiary/aromatic N) is 1. The summed E-state index contributed by atoms with van der Waals surface area (Å²) in [6.45, 7) is 0.698. The molecule has 0 atom stereocenters. The van der Waals surface area contributed by atoms with E-state index in [0.29, 0.717) is 23.6 Å². The smallest absolute Gasteiger partial charge is 0.143 e. The minimum absolute atomic E-state index is 0.457. The molecule has 0 radical (unpaired) electrons. The van der Waals surface area contributed by atoms with Crippen molar-refractivity contribution in [3.05, 3.63) is 23.8 Å². The molecule has 0 aliphatic heterocycles. The van der Waals surface area contributed by atoms with E-state index in [1.807, 2.05) is 6.07 Å². The lowest BCUT2D eigenvalue weighted by Gasteiger charge is -2.25. The van der Waals surface area contributed by atoms with E-state index in [9.17, 15) is 0 Å². The fraction of sp³-hybridized carbons (Fsp3) is 0.462. The Morgan fingerprint density at radius 2 is 2.25 bits per heavy atom. The molecule has 1 aromatic rings. The monoisotopic (exact) mass is 216 g/mol. The van der Waals surface area contributed by atoms with Gasteiger partial charge in [0, 0.05) is 0 Å². The van der Waals surface area contributed by atoms with E-state index >= 15 is 0 Å². The molecule has 2 rings (SSSR count). The van der Waals surface area contributed by atoms with Crippen molar-refractivity contribution in [1.29, 1.82) is 5.26 Å². The number of rotatable bonds is 4. The highest BCUT2D eigenvalue weighted by Gasteiger charge is 2.17. The van der Waals surface area contributed by atoms with Crippen molar-refractivity contribution in [2.45, 2.75) is 25.7 Å². The molecule has 1 aromatic carbocycles. The third-order valence-electron chi connectivity index (χ3n) is 3.19. The average Bonchev–Trinajstić information content (AvgIpc) is 2.24. The van der Waals surface area contributed by atoms with E-state index in [1.165, 1.54) is 19.3 Å². The molecule has 0 bridgehead atoms. The second kappa shape index (κ2) is 4.89. The van der Waals surface area contributed by atoms with Gasteiger partial charge in [-0.2, -0.15) is 5.26 Å². The van der Waals surface area contributed by atoms with Gasteiger partial charge in [-0.15, -0.1) is 0 Å². The van der Waals surface area contributed by atoms with Crippen LogP contribution in [0.4, 0.5) is 5.69 Å². The molecule has 0 unspecified atom stereocenters. The number of para-hydroxylation sites is 1. The molecule has 0 amide bonds. The number of nitrogens with two attached hydrogens (primary N) is 1. The van der Waals surface area contributed by atoms with Crippen molar-refractivity contribution < 1.29 is 4.74 Å². The topological polar surface area (TPSA) is 59.0 Å². The first-order chi connectivity index (χ1) is 7.81. The molecule has 3 nitrogen and oxygen atoms in total. The van der Waals surface area contributed by atoms with Gasteiger partial charge in [0.1, 0.15) is 11.8 Å². The maximum absolute atomic E-state index is 8.82. The minimum Gasteiger partial charge on any atom is -0.491 e. The first-order valence-electron chi connectivity index (χ1n) is 5.72. The van der Waals surface area contributed by atoms with Crippen LogP contribution in [0.5, 0.6) is 5.75 Å². The summed E-state index contributed by atoms with van der Waals surface area (Å²) in [4.78, 5) is 0. The lowest BCUT2D eigenvalue weighted by Crippen LogP contribution is -2.14. The average molecular weight is 216 g/mol. The molecule has 2 N–H and O–H groups in total. The molecule has 84 valence electrons. The van der Waals surface area contributed by atoms with Crippen LogP contribution >= 0.6 is 0 Å². The highest BCUT2D eigenvalue weighted by Crippen LogP contribution is 2.30. The SMILES string of the molecule is N#Cc1cccc(OCCC2CCC2)c1N. The number of hydrogen-bond acceptors (Lipinski definition) is 3. The van der Waals surface area contributed by atoms with E-state index in [0.717, 1.165) is 12.3 Å². The van der Waals surface area contributed by atoms with Gasteiger partial charge in [0.15, 0.2) is 0 Å². The number of anilines is 1. The zero-order valence-corrected chi connectivity index (χ0v) is 9.28. The van der Waals surface area contributed by atoms with Gasteiger partial charge < -0.3 is 10.5 Å². The Balaban J connectivity index is 1.90. The molecule has 0 spiro atoms. The summed E-state index contributed by atoms with van der Waals surface area (Å²) in [5.41, 5.74) is 6.75. The number of benzene rings is 1. The van der Waals surface area contributed by atoms with Gasteiger partial charge in [0.25, 0.3) is 0 Å². The van der Waals surface area contributed by atoms with Crippen molar-refractivity contribution in [1.82, 2.24) is 0 Å². The van der Waals surface area contributed by atoms with Crippen LogP contribution < -0.4 is 10.5 Å². The van der Waals surface area contributed by atoms with E-state index in [-0.39, 0.29) is 0 Å².